The van der Waals surface area contributed by atoms with Crippen molar-refractivity contribution in [1.82, 2.24) is 0 Å². The molecule has 0 N–H and O–H groups in total. The molecule has 0 amide bonds. The zero-order valence-electron chi connectivity index (χ0n) is 10.9. The van der Waals surface area contributed by atoms with Gasteiger partial charge in [-0.1, -0.05) is 36.4 Å². The van der Waals surface area contributed by atoms with Gasteiger partial charge in [0.1, 0.15) is 6.29 Å². The van der Waals surface area contributed by atoms with Crippen LogP contribution in [0, 0.1) is 0 Å². The van der Waals surface area contributed by atoms with E-state index in [0.29, 0.717) is 5.56 Å². The standard InChI is InChI=1S/C15H20O2Si/c1-4-10-15(3,11-5-2)17-18-14-8-6-13(12-16)7-9-14/h4-9,12H,1-2,10-11,18H2,3H3. The lowest BCUT2D eigenvalue weighted by molar-refractivity contribution is 0.104. The van der Waals surface area contributed by atoms with Gasteiger partial charge in [0, 0.05) is 5.56 Å². The third kappa shape index (κ3) is 4.43. The van der Waals surface area contributed by atoms with E-state index in [1.54, 1.807) is 0 Å². The smallest absolute Gasteiger partial charge is 0.193 e. The molecule has 18 heavy (non-hydrogen) atoms. The second-order valence-corrected chi connectivity index (χ2v) is 5.98. The maximum absolute atomic E-state index is 10.6. The molecule has 0 bridgehead atoms. The van der Waals surface area contributed by atoms with Gasteiger partial charge >= 0.3 is 0 Å². The van der Waals surface area contributed by atoms with E-state index >= 15 is 0 Å². The zero-order chi connectivity index (χ0) is 13.4. The van der Waals surface area contributed by atoms with Crippen LogP contribution in [0.3, 0.4) is 0 Å². The summed E-state index contributed by atoms with van der Waals surface area (Å²) in [5.74, 6) is 0. The van der Waals surface area contributed by atoms with Crippen molar-refractivity contribution < 1.29 is 9.22 Å². The summed E-state index contributed by atoms with van der Waals surface area (Å²) in [7, 11) is -0.791. The van der Waals surface area contributed by atoms with Gasteiger partial charge in [-0.05, 0) is 25.0 Å². The molecule has 0 saturated carbocycles. The molecule has 0 radical (unpaired) electrons. The summed E-state index contributed by atoms with van der Waals surface area (Å²) in [6, 6.07) is 7.60. The first-order chi connectivity index (χ1) is 8.63. The van der Waals surface area contributed by atoms with Crippen molar-refractivity contribution in [2.75, 3.05) is 0 Å². The molecule has 0 aromatic heterocycles. The van der Waals surface area contributed by atoms with Crippen molar-refractivity contribution in [3.05, 3.63) is 55.1 Å². The Hall–Kier alpha value is -1.45. The Morgan fingerprint density at radius 1 is 1.22 bits per heavy atom. The van der Waals surface area contributed by atoms with Gasteiger partial charge in [-0.15, -0.1) is 13.2 Å². The fourth-order valence-corrected chi connectivity index (χ4v) is 2.94. The lowest BCUT2D eigenvalue weighted by atomic mass is 9.99. The first-order valence-corrected chi connectivity index (χ1v) is 7.32. The molecule has 0 unspecified atom stereocenters. The summed E-state index contributed by atoms with van der Waals surface area (Å²) in [5, 5.41) is 1.19. The minimum atomic E-state index is -0.791. The summed E-state index contributed by atoms with van der Waals surface area (Å²) < 4.78 is 6.08. The number of carbonyl (C=O) groups excluding carboxylic acids is 1. The minimum Gasteiger partial charge on any atom is -0.413 e. The van der Waals surface area contributed by atoms with Gasteiger partial charge < -0.3 is 4.43 Å². The third-order valence-corrected chi connectivity index (χ3v) is 4.50. The SMILES string of the molecule is C=CCC(C)(CC=C)O[SiH2]c1ccc(C=O)cc1. The van der Waals surface area contributed by atoms with Crippen molar-refractivity contribution in [3.8, 4) is 0 Å². The highest BCUT2D eigenvalue weighted by molar-refractivity contribution is 6.47. The lowest BCUT2D eigenvalue weighted by Crippen LogP contribution is -2.33. The topological polar surface area (TPSA) is 26.3 Å². The largest absolute Gasteiger partial charge is 0.413 e. The van der Waals surface area contributed by atoms with Crippen LogP contribution >= 0.6 is 0 Å². The van der Waals surface area contributed by atoms with Gasteiger partial charge in [-0.3, -0.25) is 4.79 Å². The number of hydrogen-bond donors (Lipinski definition) is 0. The first kappa shape index (κ1) is 14.6. The summed E-state index contributed by atoms with van der Waals surface area (Å²) in [6.07, 6.45) is 6.25. The van der Waals surface area contributed by atoms with Gasteiger partial charge in [0.2, 0.25) is 0 Å². The monoisotopic (exact) mass is 260 g/mol. The number of aldehydes is 1. The van der Waals surface area contributed by atoms with Crippen molar-refractivity contribution >= 4 is 21.2 Å². The van der Waals surface area contributed by atoms with Crippen molar-refractivity contribution in [3.63, 3.8) is 0 Å². The summed E-state index contributed by atoms with van der Waals surface area (Å²) in [4.78, 5) is 10.6. The van der Waals surface area contributed by atoms with Crippen molar-refractivity contribution in [2.45, 2.75) is 25.4 Å². The molecule has 1 rings (SSSR count). The Labute approximate surface area is 111 Å². The molecule has 3 heteroatoms. The molecule has 0 saturated heterocycles. The molecule has 1 aromatic carbocycles. The van der Waals surface area contributed by atoms with Crippen LogP contribution in [0.1, 0.15) is 30.1 Å². The molecule has 0 spiro atoms. The van der Waals surface area contributed by atoms with Gasteiger partial charge in [0.25, 0.3) is 0 Å². The van der Waals surface area contributed by atoms with E-state index in [9.17, 15) is 4.79 Å². The van der Waals surface area contributed by atoms with E-state index in [1.807, 2.05) is 36.4 Å². The Bertz CT molecular complexity index is 399. The normalized spacial score (nSPS) is 11.6. The number of rotatable bonds is 8. The van der Waals surface area contributed by atoms with Gasteiger partial charge in [0.15, 0.2) is 9.76 Å². The molecule has 96 valence electrons. The summed E-state index contributed by atoms with van der Waals surface area (Å²) in [5.41, 5.74) is 0.506. The Morgan fingerprint density at radius 3 is 2.22 bits per heavy atom. The second kappa shape index (κ2) is 7.09. The lowest BCUT2D eigenvalue weighted by Gasteiger charge is -2.28. The third-order valence-electron chi connectivity index (χ3n) is 2.86. The van der Waals surface area contributed by atoms with Crippen LogP contribution in [0.2, 0.25) is 0 Å². The highest BCUT2D eigenvalue weighted by Gasteiger charge is 2.21. The quantitative estimate of drug-likeness (QED) is 0.407. The average Bonchev–Trinajstić information content (AvgIpc) is 2.38. The van der Waals surface area contributed by atoms with E-state index in [-0.39, 0.29) is 5.60 Å². The molecule has 1 aromatic rings. The van der Waals surface area contributed by atoms with Crippen LogP contribution in [0.15, 0.2) is 49.6 Å². The van der Waals surface area contributed by atoms with E-state index in [0.717, 1.165) is 19.1 Å². The maximum Gasteiger partial charge on any atom is 0.193 e. The van der Waals surface area contributed by atoms with Crippen LogP contribution in [-0.2, 0) is 4.43 Å². The zero-order valence-corrected chi connectivity index (χ0v) is 12.3. The molecule has 2 nitrogen and oxygen atoms in total. The fraction of sp³-hybridized carbons (Fsp3) is 0.267. The van der Waals surface area contributed by atoms with Crippen molar-refractivity contribution in [1.29, 1.82) is 0 Å². The van der Waals surface area contributed by atoms with Gasteiger partial charge in [0.05, 0.1) is 5.60 Å². The predicted molar refractivity (Wildman–Crippen MR) is 79.1 cm³/mol. The summed E-state index contributed by atoms with van der Waals surface area (Å²) >= 11 is 0. The first-order valence-electron chi connectivity index (χ1n) is 6.03. The molecule has 0 atom stereocenters. The molecule has 0 fully saturated rings. The molecule has 0 heterocycles. The molecular weight excluding hydrogens is 240 g/mol. The number of hydrogen-bond acceptors (Lipinski definition) is 2. The van der Waals surface area contributed by atoms with Crippen LogP contribution in [0.5, 0.6) is 0 Å². The van der Waals surface area contributed by atoms with Crippen LogP contribution in [-0.4, -0.2) is 21.7 Å². The van der Waals surface area contributed by atoms with Crippen molar-refractivity contribution in [2.24, 2.45) is 0 Å². The van der Waals surface area contributed by atoms with E-state index < -0.39 is 9.76 Å². The molecule has 0 aliphatic carbocycles. The molecule has 0 aliphatic heterocycles. The average molecular weight is 260 g/mol. The molecular formula is C15H20O2Si. The fourth-order valence-electron chi connectivity index (χ4n) is 1.76. The Balaban J connectivity index is 2.62. The van der Waals surface area contributed by atoms with Crippen LogP contribution < -0.4 is 5.19 Å². The predicted octanol–water partition coefficient (Wildman–Crippen LogP) is 2.14. The second-order valence-electron chi connectivity index (χ2n) is 4.58. The highest BCUT2D eigenvalue weighted by atomic mass is 28.2. The Kier molecular flexibility index (Phi) is 5.75. The number of benzene rings is 1. The van der Waals surface area contributed by atoms with Gasteiger partial charge in [-0.25, -0.2) is 0 Å². The Morgan fingerprint density at radius 2 is 1.78 bits per heavy atom. The van der Waals surface area contributed by atoms with E-state index in [1.165, 1.54) is 5.19 Å². The summed E-state index contributed by atoms with van der Waals surface area (Å²) in [6.45, 7) is 9.62. The van der Waals surface area contributed by atoms with E-state index in [4.69, 9.17) is 4.43 Å². The number of carbonyl (C=O) groups is 1. The molecule has 0 aliphatic rings. The van der Waals surface area contributed by atoms with Gasteiger partial charge in [-0.2, -0.15) is 0 Å². The van der Waals surface area contributed by atoms with Crippen LogP contribution in [0.25, 0.3) is 0 Å². The van der Waals surface area contributed by atoms with Crippen LogP contribution in [0.4, 0.5) is 0 Å². The van der Waals surface area contributed by atoms with E-state index in [2.05, 4.69) is 20.1 Å². The minimum absolute atomic E-state index is 0.195. The highest BCUT2D eigenvalue weighted by Crippen LogP contribution is 2.20. The maximum atomic E-state index is 10.6.